The van der Waals surface area contributed by atoms with Crippen molar-refractivity contribution >= 4 is 26.8 Å². The maximum atomic E-state index is 12.5. The van der Waals surface area contributed by atoms with Gasteiger partial charge in [-0.3, -0.25) is 4.79 Å². The first-order valence-electron chi connectivity index (χ1n) is 10.5. The highest BCUT2D eigenvalue weighted by Gasteiger charge is 2.19. The average Bonchev–Trinajstić information content (AvgIpc) is 3.16. The molecule has 0 bridgehead atoms. The van der Waals surface area contributed by atoms with Gasteiger partial charge in [0.2, 0.25) is 10.0 Å². The van der Waals surface area contributed by atoms with Crippen LogP contribution in [0.25, 0.3) is 10.9 Å². The molecule has 1 amide bonds. The van der Waals surface area contributed by atoms with Crippen LogP contribution in [0.3, 0.4) is 0 Å². The van der Waals surface area contributed by atoms with E-state index in [9.17, 15) is 13.2 Å². The number of rotatable bonds is 9. The predicted molar refractivity (Wildman–Crippen MR) is 127 cm³/mol. The number of amides is 1. The maximum Gasteiger partial charge on any atom is 0.281 e. The fourth-order valence-corrected chi connectivity index (χ4v) is 3.98. The lowest BCUT2D eigenvalue weighted by Crippen LogP contribution is -2.30. The van der Waals surface area contributed by atoms with E-state index in [4.69, 9.17) is 9.47 Å². The Hall–Kier alpha value is -3.78. The molecule has 0 aliphatic heterocycles. The summed E-state index contributed by atoms with van der Waals surface area (Å²) < 4.78 is 36.7. The summed E-state index contributed by atoms with van der Waals surface area (Å²) in [5, 5.41) is 0.888. The molecule has 3 aromatic carbocycles. The second-order valence-corrected chi connectivity index (χ2v) is 9.31. The van der Waals surface area contributed by atoms with Gasteiger partial charge in [0.1, 0.15) is 22.9 Å². The SMILES string of the molecule is CS(=O)(=O)NC(=O)c1[nH]c2ccccc2c1CCCOc1ccc(Oc2ccccc2)cc1. The van der Waals surface area contributed by atoms with E-state index in [-0.39, 0.29) is 5.69 Å². The molecule has 0 radical (unpaired) electrons. The van der Waals surface area contributed by atoms with Crippen LogP contribution >= 0.6 is 0 Å². The number of para-hydroxylation sites is 2. The molecular weight excluding hydrogens is 440 g/mol. The third-order valence-electron chi connectivity index (χ3n) is 4.96. The molecule has 8 heteroatoms. The standard InChI is InChI=1S/C25H24N2O5S/c1-33(29,30)27-25(28)24-22(21-10-5-6-12-23(21)26-24)11-7-17-31-18-13-15-20(16-14-18)32-19-8-3-2-4-9-19/h2-6,8-10,12-16,26H,7,11,17H2,1H3,(H,27,28). The number of aryl methyl sites for hydroxylation is 1. The van der Waals surface area contributed by atoms with E-state index in [1.165, 1.54) is 0 Å². The third-order valence-corrected chi connectivity index (χ3v) is 5.52. The number of hydrogen-bond donors (Lipinski definition) is 2. The van der Waals surface area contributed by atoms with Crippen LogP contribution in [-0.2, 0) is 16.4 Å². The number of aromatic nitrogens is 1. The molecule has 2 N–H and O–H groups in total. The number of hydrogen-bond acceptors (Lipinski definition) is 5. The Labute approximate surface area is 192 Å². The summed E-state index contributed by atoms with van der Waals surface area (Å²) in [5.41, 5.74) is 1.80. The average molecular weight is 465 g/mol. The van der Waals surface area contributed by atoms with E-state index in [1.807, 2.05) is 83.6 Å². The summed E-state index contributed by atoms with van der Waals surface area (Å²) in [6.07, 6.45) is 2.15. The van der Waals surface area contributed by atoms with Gasteiger partial charge in [0.15, 0.2) is 0 Å². The largest absolute Gasteiger partial charge is 0.494 e. The van der Waals surface area contributed by atoms with Crippen LogP contribution in [0.2, 0.25) is 0 Å². The molecule has 7 nitrogen and oxygen atoms in total. The molecule has 0 aliphatic carbocycles. The van der Waals surface area contributed by atoms with Gasteiger partial charge in [-0.1, -0.05) is 36.4 Å². The van der Waals surface area contributed by atoms with Crippen LogP contribution in [0.5, 0.6) is 17.2 Å². The number of carbonyl (C=O) groups is 1. The van der Waals surface area contributed by atoms with Crippen molar-refractivity contribution in [1.82, 2.24) is 9.71 Å². The monoisotopic (exact) mass is 464 g/mol. The maximum absolute atomic E-state index is 12.5. The van der Waals surface area contributed by atoms with E-state index in [2.05, 4.69) is 4.98 Å². The van der Waals surface area contributed by atoms with E-state index >= 15 is 0 Å². The zero-order valence-corrected chi connectivity index (χ0v) is 18.9. The minimum Gasteiger partial charge on any atom is -0.494 e. The minimum atomic E-state index is -3.66. The number of H-pyrrole nitrogens is 1. The lowest BCUT2D eigenvalue weighted by Gasteiger charge is -2.09. The van der Waals surface area contributed by atoms with E-state index < -0.39 is 15.9 Å². The van der Waals surface area contributed by atoms with Crippen LogP contribution in [0.1, 0.15) is 22.5 Å². The second-order valence-electron chi connectivity index (χ2n) is 7.57. The van der Waals surface area contributed by atoms with Gasteiger partial charge in [-0.05, 0) is 60.9 Å². The highest BCUT2D eigenvalue weighted by Crippen LogP contribution is 2.25. The van der Waals surface area contributed by atoms with Gasteiger partial charge in [-0.25, -0.2) is 13.1 Å². The van der Waals surface area contributed by atoms with Gasteiger partial charge >= 0.3 is 0 Å². The number of nitrogens with one attached hydrogen (secondary N) is 2. The third kappa shape index (κ3) is 5.93. The van der Waals surface area contributed by atoms with E-state index in [1.54, 1.807) is 0 Å². The molecule has 0 unspecified atom stereocenters. The van der Waals surface area contributed by atoms with Crippen molar-refractivity contribution in [1.29, 1.82) is 0 Å². The lowest BCUT2D eigenvalue weighted by atomic mass is 10.1. The molecule has 0 spiro atoms. The highest BCUT2D eigenvalue weighted by molar-refractivity contribution is 7.89. The van der Waals surface area contributed by atoms with Gasteiger partial charge in [0.25, 0.3) is 5.91 Å². The zero-order chi connectivity index (χ0) is 23.3. The quantitative estimate of drug-likeness (QED) is 0.351. The summed E-state index contributed by atoms with van der Waals surface area (Å²) in [6.45, 7) is 0.436. The Morgan fingerprint density at radius 2 is 1.52 bits per heavy atom. The Morgan fingerprint density at radius 1 is 0.879 bits per heavy atom. The summed E-state index contributed by atoms with van der Waals surface area (Å²) in [6, 6.07) is 24.4. The van der Waals surface area contributed by atoms with Crippen molar-refractivity contribution < 1.29 is 22.7 Å². The van der Waals surface area contributed by atoms with Gasteiger partial charge in [0, 0.05) is 10.9 Å². The van der Waals surface area contributed by atoms with Crippen molar-refractivity contribution in [3.8, 4) is 17.2 Å². The molecule has 1 aromatic heterocycles. The highest BCUT2D eigenvalue weighted by atomic mass is 32.2. The van der Waals surface area contributed by atoms with E-state index in [0.717, 1.165) is 28.5 Å². The van der Waals surface area contributed by atoms with Crippen molar-refractivity contribution in [2.45, 2.75) is 12.8 Å². The molecule has 0 fully saturated rings. The van der Waals surface area contributed by atoms with Gasteiger partial charge in [-0.2, -0.15) is 0 Å². The van der Waals surface area contributed by atoms with Crippen LogP contribution < -0.4 is 14.2 Å². The lowest BCUT2D eigenvalue weighted by molar-refractivity contribution is 0.0976. The summed E-state index contributed by atoms with van der Waals surface area (Å²) >= 11 is 0. The molecule has 33 heavy (non-hydrogen) atoms. The topological polar surface area (TPSA) is 97.5 Å². The molecule has 170 valence electrons. The predicted octanol–water partition coefficient (Wildman–Crippen LogP) is 4.66. The van der Waals surface area contributed by atoms with Crippen LogP contribution in [-0.4, -0.2) is 32.2 Å². The number of fused-ring (bicyclic) bond motifs is 1. The smallest absolute Gasteiger partial charge is 0.281 e. The van der Waals surface area contributed by atoms with Crippen molar-refractivity contribution in [2.24, 2.45) is 0 Å². The van der Waals surface area contributed by atoms with Crippen LogP contribution in [0.4, 0.5) is 0 Å². The Kier molecular flexibility index (Phi) is 6.65. The zero-order valence-electron chi connectivity index (χ0n) is 18.1. The summed E-state index contributed by atoms with van der Waals surface area (Å²) in [7, 11) is -3.66. The first-order chi connectivity index (χ1) is 15.9. The first kappa shape index (κ1) is 22.4. The number of ether oxygens (including phenoxy) is 2. The molecule has 0 aliphatic rings. The van der Waals surface area contributed by atoms with Gasteiger partial charge in [0.05, 0.1) is 12.9 Å². The van der Waals surface area contributed by atoms with Crippen LogP contribution in [0.15, 0.2) is 78.9 Å². The molecule has 0 saturated carbocycles. The molecule has 4 rings (SSSR count). The molecule has 0 saturated heterocycles. The minimum absolute atomic E-state index is 0.254. The number of aromatic amines is 1. The summed E-state index contributed by atoms with van der Waals surface area (Å²) in [5.74, 6) is 1.53. The Balaban J connectivity index is 1.38. The van der Waals surface area contributed by atoms with Crippen molar-refractivity contribution in [3.63, 3.8) is 0 Å². The molecule has 1 heterocycles. The first-order valence-corrected chi connectivity index (χ1v) is 12.4. The summed E-state index contributed by atoms with van der Waals surface area (Å²) in [4.78, 5) is 15.5. The van der Waals surface area contributed by atoms with Gasteiger partial charge < -0.3 is 14.5 Å². The Bertz CT molecular complexity index is 1350. The molecule has 4 aromatic rings. The number of carbonyl (C=O) groups excluding carboxylic acids is 1. The van der Waals surface area contributed by atoms with Crippen LogP contribution in [0, 0.1) is 0 Å². The van der Waals surface area contributed by atoms with Gasteiger partial charge in [-0.15, -0.1) is 0 Å². The fraction of sp³-hybridized carbons (Fsp3) is 0.160. The number of benzene rings is 3. The van der Waals surface area contributed by atoms with Crippen molar-refractivity contribution in [2.75, 3.05) is 12.9 Å². The molecule has 0 atom stereocenters. The number of sulfonamides is 1. The van der Waals surface area contributed by atoms with Crippen molar-refractivity contribution in [3.05, 3.63) is 90.1 Å². The normalized spacial score (nSPS) is 11.3. The van der Waals surface area contributed by atoms with E-state index in [0.29, 0.717) is 30.9 Å². The molecular formula is C25H24N2O5S. The Morgan fingerprint density at radius 3 is 2.24 bits per heavy atom. The second kappa shape index (κ2) is 9.79. The fourth-order valence-electron chi connectivity index (χ4n) is 3.54.